The SMILES string of the molecule is C=C1CCCCCCCCCCCCC(C)O1. The van der Waals surface area contributed by atoms with Crippen molar-refractivity contribution in [3.8, 4) is 0 Å². The lowest BCUT2D eigenvalue weighted by molar-refractivity contribution is 0.114. The molecule has 0 aromatic heterocycles. The van der Waals surface area contributed by atoms with E-state index >= 15 is 0 Å². The van der Waals surface area contributed by atoms with Crippen molar-refractivity contribution in [2.24, 2.45) is 0 Å². The summed E-state index contributed by atoms with van der Waals surface area (Å²) >= 11 is 0. The molecule has 0 spiro atoms. The third-order valence-electron chi connectivity index (χ3n) is 3.68. The van der Waals surface area contributed by atoms with Crippen LogP contribution in [0, 0.1) is 0 Å². The summed E-state index contributed by atoms with van der Waals surface area (Å²) < 4.78 is 5.83. The number of hydrogen-bond acceptors (Lipinski definition) is 1. The Bertz CT molecular complexity index is 198. The zero-order chi connectivity index (χ0) is 12.3. The first kappa shape index (κ1) is 14.6. The largest absolute Gasteiger partial charge is 0.496 e. The van der Waals surface area contributed by atoms with Crippen LogP contribution in [0.5, 0.6) is 0 Å². The van der Waals surface area contributed by atoms with Gasteiger partial charge in [0.05, 0.1) is 11.9 Å². The second-order valence-electron chi connectivity index (χ2n) is 5.54. The smallest absolute Gasteiger partial charge is 0.0954 e. The summed E-state index contributed by atoms with van der Waals surface area (Å²) in [6.07, 6.45) is 16.4. The van der Waals surface area contributed by atoms with Gasteiger partial charge in [-0.25, -0.2) is 0 Å². The molecule has 0 radical (unpaired) electrons. The van der Waals surface area contributed by atoms with Gasteiger partial charge in [-0.05, 0) is 26.2 Å². The zero-order valence-electron chi connectivity index (χ0n) is 11.7. The van der Waals surface area contributed by atoms with Gasteiger partial charge in [0.1, 0.15) is 0 Å². The Hall–Kier alpha value is -0.460. The van der Waals surface area contributed by atoms with E-state index in [4.69, 9.17) is 4.74 Å². The fourth-order valence-corrected chi connectivity index (χ4v) is 2.57. The summed E-state index contributed by atoms with van der Waals surface area (Å²) in [6.45, 7) is 6.21. The van der Waals surface area contributed by atoms with Gasteiger partial charge in [-0.1, -0.05) is 57.9 Å². The molecule has 0 amide bonds. The molecule has 17 heavy (non-hydrogen) atoms. The van der Waals surface area contributed by atoms with E-state index in [1.54, 1.807) is 0 Å². The molecule has 1 heteroatoms. The van der Waals surface area contributed by atoms with Gasteiger partial charge >= 0.3 is 0 Å². The third kappa shape index (κ3) is 8.29. The predicted molar refractivity (Wildman–Crippen MR) is 75.1 cm³/mol. The van der Waals surface area contributed by atoms with E-state index in [1.165, 1.54) is 70.6 Å². The number of ether oxygens (including phenoxy) is 1. The Kier molecular flexibility index (Phi) is 8.21. The van der Waals surface area contributed by atoms with Crippen molar-refractivity contribution in [3.63, 3.8) is 0 Å². The number of rotatable bonds is 0. The van der Waals surface area contributed by atoms with Gasteiger partial charge in [-0.2, -0.15) is 0 Å². The first-order chi connectivity index (χ1) is 8.29. The number of hydrogen-bond donors (Lipinski definition) is 0. The van der Waals surface area contributed by atoms with Crippen LogP contribution in [0.25, 0.3) is 0 Å². The van der Waals surface area contributed by atoms with Crippen LogP contribution in [0.15, 0.2) is 12.3 Å². The van der Waals surface area contributed by atoms with Crippen LogP contribution in [0.3, 0.4) is 0 Å². The molecule has 1 aliphatic heterocycles. The van der Waals surface area contributed by atoms with Crippen molar-refractivity contribution in [2.45, 2.75) is 90.1 Å². The molecule has 0 aromatic carbocycles. The van der Waals surface area contributed by atoms with Crippen LogP contribution >= 0.6 is 0 Å². The maximum absolute atomic E-state index is 5.83. The summed E-state index contributed by atoms with van der Waals surface area (Å²) in [5.41, 5.74) is 0. The molecule has 0 aromatic rings. The molecule has 0 N–H and O–H groups in total. The average Bonchev–Trinajstić information content (AvgIpc) is 2.30. The average molecular weight is 238 g/mol. The summed E-state index contributed by atoms with van der Waals surface area (Å²) in [5.74, 6) is 1.01. The van der Waals surface area contributed by atoms with Crippen molar-refractivity contribution in [1.82, 2.24) is 0 Å². The monoisotopic (exact) mass is 238 g/mol. The Morgan fingerprint density at radius 2 is 1.29 bits per heavy atom. The van der Waals surface area contributed by atoms with Crippen LogP contribution < -0.4 is 0 Å². The van der Waals surface area contributed by atoms with Gasteiger partial charge in [-0.15, -0.1) is 0 Å². The standard InChI is InChI=1S/C16H30O/c1-15-13-11-9-7-5-3-4-6-8-10-12-14-16(2)17-15/h16H,1,3-14H2,2H3. The van der Waals surface area contributed by atoms with E-state index in [2.05, 4.69) is 13.5 Å². The summed E-state index contributed by atoms with van der Waals surface area (Å²) in [7, 11) is 0. The first-order valence-corrected chi connectivity index (χ1v) is 7.63. The molecule has 0 aliphatic carbocycles. The minimum Gasteiger partial charge on any atom is -0.496 e. The van der Waals surface area contributed by atoms with Gasteiger partial charge in [-0.3, -0.25) is 0 Å². The molecule has 1 unspecified atom stereocenters. The van der Waals surface area contributed by atoms with E-state index in [-0.39, 0.29) is 0 Å². The molecule has 1 heterocycles. The van der Waals surface area contributed by atoms with Crippen molar-refractivity contribution < 1.29 is 4.74 Å². The number of allylic oxidation sites excluding steroid dienone is 1. The third-order valence-corrected chi connectivity index (χ3v) is 3.68. The van der Waals surface area contributed by atoms with E-state index < -0.39 is 0 Å². The lowest BCUT2D eigenvalue weighted by atomic mass is 10.0. The molecule has 0 saturated carbocycles. The van der Waals surface area contributed by atoms with Crippen LogP contribution in [0.2, 0.25) is 0 Å². The van der Waals surface area contributed by atoms with E-state index in [1.807, 2.05) is 0 Å². The molecule has 1 atom stereocenters. The Balaban J connectivity index is 2.23. The fraction of sp³-hybridized carbons (Fsp3) is 0.875. The van der Waals surface area contributed by atoms with Gasteiger partial charge in [0, 0.05) is 6.42 Å². The van der Waals surface area contributed by atoms with Crippen LogP contribution in [-0.2, 0) is 4.74 Å². The molecular weight excluding hydrogens is 208 g/mol. The Morgan fingerprint density at radius 3 is 1.88 bits per heavy atom. The van der Waals surface area contributed by atoms with Crippen LogP contribution in [-0.4, -0.2) is 6.10 Å². The van der Waals surface area contributed by atoms with Gasteiger partial charge in [0.2, 0.25) is 0 Å². The maximum atomic E-state index is 5.83. The molecule has 1 nitrogen and oxygen atoms in total. The highest BCUT2D eigenvalue weighted by molar-refractivity contribution is 4.83. The lowest BCUT2D eigenvalue weighted by Gasteiger charge is -2.16. The Morgan fingerprint density at radius 1 is 0.824 bits per heavy atom. The molecule has 0 bridgehead atoms. The van der Waals surface area contributed by atoms with E-state index in [0.717, 1.165) is 12.2 Å². The van der Waals surface area contributed by atoms with Gasteiger partial charge in [0.25, 0.3) is 0 Å². The minimum atomic E-state index is 0.368. The molecule has 1 saturated heterocycles. The van der Waals surface area contributed by atoms with Crippen LogP contribution in [0.1, 0.15) is 84.0 Å². The highest BCUT2D eigenvalue weighted by atomic mass is 16.5. The molecular formula is C16H30O. The minimum absolute atomic E-state index is 0.368. The van der Waals surface area contributed by atoms with Gasteiger partial charge in [0.15, 0.2) is 0 Å². The highest BCUT2D eigenvalue weighted by Crippen LogP contribution is 2.18. The van der Waals surface area contributed by atoms with Gasteiger partial charge < -0.3 is 4.74 Å². The fourth-order valence-electron chi connectivity index (χ4n) is 2.57. The molecule has 1 aliphatic rings. The summed E-state index contributed by atoms with van der Waals surface area (Å²) in [6, 6.07) is 0. The first-order valence-electron chi connectivity index (χ1n) is 7.63. The van der Waals surface area contributed by atoms with Crippen molar-refractivity contribution in [3.05, 3.63) is 12.3 Å². The molecule has 1 fully saturated rings. The molecule has 100 valence electrons. The molecule has 1 rings (SSSR count). The van der Waals surface area contributed by atoms with Crippen molar-refractivity contribution in [2.75, 3.05) is 0 Å². The normalized spacial score (nSPS) is 26.6. The van der Waals surface area contributed by atoms with Crippen molar-refractivity contribution >= 4 is 0 Å². The summed E-state index contributed by atoms with van der Waals surface area (Å²) in [4.78, 5) is 0. The Labute approximate surface area is 108 Å². The topological polar surface area (TPSA) is 9.23 Å². The van der Waals surface area contributed by atoms with Crippen LogP contribution in [0.4, 0.5) is 0 Å². The second kappa shape index (κ2) is 9.56. The highest BCUT2D eigenvalue weighted by Gasteiger charge is 2.05. The predicted octanol–water partition coefficient (Wildman–Crippen LogP) is 5.60. The van der Waals surface area contributed by atoms with E-state index in [0.29, 0.717) is 6.10 Å². The lowest BCUT2D eigenvalue weighted by Crippen LogP contribution is -2.07. The quantitative estimate of drug-likeness (QED) is 0.533. The second-order valence-corrected chi connectivity index (χ2v) is 5.54. The maximum Gasteiger partial charge on any atom is 0.0954 e. The van der Waals surface area contributed by atoms with E-state index in [9.17, 15) is 0 Å². The summed E-state index contributed by atoms with van der Waals surface area (Å²) in [5, 5.41) is 0. The zero-order valence-corrected chi connectivity index (χ0v) is 11.7. The van der Waals surface area contributed by atoms with Crippen molar-refractivity contribution in [1.29, 1.82) is 0 Å².